The van der Waals surface area contributed by atoms with E-state index in [-0.39, 0.29) is 34.5 Å². The number of nitro groups is 2. The van der Waals surface area contributed by atoms with Gasteiger partial charge in [0.15, 0.2) is 11.4 Å². The first-order chi connectivity index (χ1) is 21.3. The average molecular weight is 605 g/mol. The van der Waals surface area contributed by atoms with E-state index in [0.29, 0.717) is 41.7 Å². The fourth-order valence-electron chi connectivity index (χ4n) is 5.81. The Balaban J connectivity index is 0.000000175. The van der Waals surface area contributed by atoms with Crippen LogP contribution in [0.25, 0.3) is 22.8 Å². The van der Waals surface area contributed by atoms with Crippen molar-refractivity contribution in [2.75, 3.05) is 6.61 Å². The van der Waals surface area contributed by atoms with E-state index >= 15 is 0 Å². The molecule has 0 aromatic carbocycles. The van der Waals surface area contributed by atoms with Crippen molar-refractivity contribution in [3.63, 3.8) is 0 Å². The molecule has 232 valence electrons. The molecular formula is C30H36N8O6. The van der Waals surface area contributed by atoms with E-state index in [1.807, 2.05) is 6.92 Å². The number of pyridine rings is 2. The summed E-state index contributed by atoms with van der Waals surface area (Å²) in [5, 5.41) is 41.0. The lowest BCUT2D eigenvalue weighted by atomic mass is 9.93. The smallest absolute Gasteiger partial charge is 0.316 e. The van der Waals surface area contributed by atoms with Gasteiger partial charge >= 0.3 is 11.4 Å². The van der Waals surface area contributed by atoms with Gasteiger partial charge in [-0.1, -0.05) is 12.1 Å². The van der Waals surface area contributed by atoms with Crippen molar-refractivity contribution in [1.82, 2.24) is 29.5 Å². The molecule has 14 nitrogen and oxygen atoms in total. The Morgan fingerprint density at radius 2 is 1.23 bits per heavy atom. The lowest BCUT2D eigenvalue weighted by Crippen LogP contribution is -2.24. The molecule has 2 saturated carbocycles. The van der Waals surface area contributed by atoms with Gasteiger partial charge in [0.25, 0.3) is 0 Å². The number of rotatable bonds is 8. The Hall–Kier alpha value is -4.56. The average Bonchev–Trinajstić information content (AvgIpc) is 3.70. The van der Waals surface area contributed by atoms with Crippen LogP contribution in [0.4, 0.5) is 11.4 Å². The second-order valence-electron chi connectivity index (χ2n) is 11.0. The first-order valence-corrected chi connectivity index (χ1v) is 14.9. The molecule has 2 fully saturated rings. The third-order valence-electron chi connectivity index (χ3n) is 8.09. The van der Waals surface area contributed by atoms with E-state index in [1.54, 1.807) is 58.2 Å². The molecular weight excluding hydrogens is 568 g/mol. The van der Waals surface area contributed by atoms with Gasteiger partial charge in [-0.15, -0.1) is 0 Å². The van der Waals surface area contributed by atoms with E-state index in [1.165, 1.54) is 12.4 Å². The predicted octanol–water partition coefficient (Wildman–Crippen LogP) is 5.70. The number of aromatic nitrogens is 6. The Bertz CT molecular complexity index is 1530. The first-order valence-electron chi connectivity index (χ1n) is 14.9. The number of aliphatic hydroxyl groups excluding tert-OH is 1. The molecule has 44 heavy (non-hydrogen) atoms. The van der Waals surface area contributed by atoms with E-state index < -0.39 is 4.92 Å². The highest BCUT2D eigenvalue weighted by Crippen LogP contribution is 2.35. The van der Waals surface area contributed by atoms with Crippen molar-refractivity contribution >= 4 is 11.4 Å². The summed E-state index contributed by atoms with van der Waals surface area (Å²) in [7, 11) is 0. The molecule has 2 aliphatic carbocycles. The Morgan fingerprint density at radius 1 is 0.773 bits per heavy atom. The third kappa shape index (κ3) is 7.32. The summed E-state index contributed by atoms with van der Waals surface area (Å²) >= 11 is 0. The third-order valence-corrected chi connectivity index (χ3v) is 8.09. The lowest BCUT2D eigenvalue weighted by molar-refractivity contribution is -0.384. The van der Waals surface area contributed by atoms with Crippen LogP contribution in [0.5, 0.6) is 0 Å². The van der Waals surface area contributed by atoms with E-state index in [4.69, 9.17) is 4.74 Å². The molecule has 14 heteroatoms. The van der Waals surface area contributed by atoms with Gasteiger partial charge in [-0.05, 0) is 82.6 Å². The van der Waals surface area contributed by atoms with Crippen LogP contribution in [0.1, 0.15) is 70.4 Å². The van der Waals surface area contributed by atoms with Crippen LogP contribution in [-0.4, -0.2) is 63.3 Å². The largest absolute Gasteiger partial charge is 0.393 e. The molecule has 1 N–H and O–H groups in total. The monoisotopic (exact) mass is 604 g/mol. The predicted molar refractivity (Wildman–Crippen MR) is 161 cm³/mol. The molecule has 0 atom stereocenters. The summed E-state index contributed by atoms with van der Waals surface area (Å²) < 4.78 is 9.06. The zero-order chi connectivity index (χ0) is 31.1. The van der Waals surface area contributed by atoms with Gasteiger partial charge in [-0.3, -0.25) is 39.6 Å². The highest BCUT2D eigenvalue weighted by atomic mass is 16.6. The minimum Gasteiger partial charge on any atom is -0.393 e. The van der Waals surface area contributed by atoms with Gasteiger partial charge in [-0.2, -0.15) is 10.2 Å². The summed E-state index contributed by atoms with van der Waals surface area (Å²) in [5.41, 5.74) is 1.64. The second-order valence-corrected chi connectivity index (χ2v) is 11.0. The minimum atomic E-state index is -0.425. The maximum Gasteiger partial charge on any atom is 0.316 e. The standard InChI is InChI=1S/C16H20N4O3.C14H16N4O3/c1-2-23-13-8-6-12(7-9-13)19-11-15(20(21)22)16(18-19)14-5-3-4-10-17-14;19-11-6-4-10(5-7-11)17-9-13(18(20)21)14(16-17)12-3-1-2-8-15-12/h3-5,10-13H,2,6-9H2,1H3;1-3,8-11,19H,4-7H2. The first kappa shape index (κ1) is 30.9. The highest BCUT2D eigenvalue weighted by molar-refractivity contribution is 5.66. The fraction of sp³-hybridized carbons (Fsp3) is 0.467. The summed E-state index contributed by atoms with van der Waals surface area (Å²) in [6.45, 7) is 2.73. The van der Waals surface area contributed by atoms with Crippen LogP contribution in [-0.2, 0) is 4.74 Å². The maximum atomic E-state index is 11.3. The van der Waals surface area contributed by atoms with Crippen LogP contribution in [0.15, 0.2) is 61.2 Å². The molecule has 0 spiro atoms. The van der Waals surface area contributed by atoms with Crippen molar-refractivity contribution in [3.05, 3.63) is 81.4 Å². The molecule has 4 heterocycles. The van der Waals surface area contributed by atoms with Crippen LogP contribution in [0.2, 0.25) is 0 Å². The highest BCUT2D eigenvalue weighted by Gasteiger charge is 2.29. The summed E-state index contributed by atoms with van der Waals surface area (Å²) in [6.07, 6.45) is 13.0. The SMILES string of the molecule is CCOC1CCC(n2cc([N+](=O)[O-])c(-c3ccccn3)n2)CC1.O=[N+]([O-])c1cn(C2CCC(O)CC2)nc1-c1ccccn1. The zero-order valence-corrected chi connectivity index (χ0v) is 24.5. The normalized spacial score (nSPS) is 21.7. The van der Waals surface area contributed by atoms with Crippen LogP contribution >= 0.6 is 0 Å². The quantitative estimate of drug-likeness (QED) is 0.194. The van der Waals surface area contributed by atoms with E-state index in [0.717, 1.165) is 45.1 Å². The van der Waals surface area contributed by atoms with Gasteiger partial charge in [0.05, 0.1) is 45.5 Å². The summed E-state index contributed by atoms with van der Waals surface area (Å²) in [4.78, 5) is 30.1. The van der Waals surface area contributed by atoms with Gasteiger partial charge < -0.3 is 9.84 Å². The summed E-state index contributed by atoms with van der Waals surface area (Å²) in [5.74, 6) is 0. The molecule has 0 amide bonds. The molecule has 4 aromatic heterocycles. The van der Waals surface area contributed by atoms with E-state index in [2.05, 4.69) is 20.2 Å². The Labute approximate surface area is 254 Å². The number of ether oxygens (including phenoxy) is 1. The van der Waals surface area contributed by atoms with Crippen molar-refractivity contribution in [2.45, 2.75) is 82.6 Å². The van der Waals surface area contributed by atoms with Crippen molar-refractivity contribution < 1.29 is 19.7 Å². The summed E-state index contributed by atoms with van der Waals surface area (Å²) in [6, 6.07) is 10.9. The van der Waals surface area contributed by atoms with Gasteiger partial charge in [0.2, 0.25) is 0 Å². The molecule has 4 aromatic rings. The molecule has 0 radical (unpaired) electrons. The number of hydrogen-bond donors (Lipinski definition) is 1. The number of hydrogen-bond acceptors (Lipinski definition) is 10. The van der Waals surface area contributed by atoms with Crippen LogP contribution < -0.4 is 0 Å². The maximum absolute atomic E-state index is 11.3. The van der Waals surface area contributed by atoms with Crippen molar-refractivity contribution in [2.24, 2.45) is 0 Å². The molecule has 0 saturated heterocycles. The Kier molecular flexibility index (Phi) is 10.0. The van der Waals surface area contributed by atoms with Crippen LogP contribution in [0, 0.1) is 20.2 Å². The fourth-order valence-corrected chi connectivity index (χ4v) is 5.81. The number of aliphatic hydroxyl groups is 1. The second kappa shape index (κ2) is 14.3. The molecule has 0 bridgehead atoms. The molecule has 0 unspecified atom stereocenters. The van der Waals surface area contributed by atoms with Crippen LogP contribution in [0.3, 0.4) is 0 Å². The van der Waals surface area contributed by atoms with Gasteiger partial charge in [0.1, 0.15) is 12.4 Å². The number of nitrogens with zero attached hydrogens (tertiary/aromatic N) is 8. The zero-order valence-electron chi connectivity index (χ0n) is 24.5. The van der Waals surface area contributed by atoms with Gasteiger partial charge in [-0.25, -0.2) is 0 Å². The lowest BCUT2D eigenvalue weighted by Gasteiger charge is -2.28. The molecule has 2 aliphatic rings. The Morgan fingerprint density at radius 3 is 1.61 bits per heavy atom. The topological polar surface area (TPSA) is 177 Å². The minimum absolute atomic E-state index is 0.00984. The molecule has 0 aliphatic heterocycles. The van der Waals surface area contributed by atoms with Gasteiger partial charge in [0, 0.05) is 19.0 Å². The van der Waals surface area contributed by atoms with E-state index in [9.17, 15) is 25.3 Å². The van der Waals surface area contributed by atoms with Crippen molar-refractivity contribution in [3.8, 4) is 22.8 Å². The van der Waals surface area contributed by atoms with Crippen molar-refractivity contribution in [1.29, 1.82) is 0 Å². The molecule has 6 rings (SSSR count).